The van der Waals surface area contributed by atoms with E-state index in [2.05, 4.69) is 6.07 Å². The van der Waals surface area contributed by atoms with Crippen LogP contribution in [0.1, 0.15) is 36.1 Å². The first kappa shape index (κ1) is 15.9. The van der Waals surface area contributed by atoms with Crippen molar-refractivity contribution in [3.8, 4) is 0 Å². The number of aryl methyl sites for hydroxylation is 1. The Balaban J connectivity index is 2.48. The molecule has 0 spiro atoms. The van der Waals surface area contributed by atoms with Gasteiger partial charge in [-0.3, -0.25) is 9.00 Å². The highest BCUT2D eigenvalue weighted by Gasteiger charge is 2.14. The summed E-state index contributed by atoms with van der Waals surface area (Å²) in [5.41, 5.74) is 2.29. The Morgan fingerprint density at radius 3 is 2.63 bits per heavy atom. The topological polar surface area (TPSA) is 37.4 Å². The lowest BCUT2D eigenvalue weighted by molar-refractivity contribution is -0.128. The summed E-state index contributed by atoms with van der Waals surface area (Å²) >= 11 is 0. The highest BCUT2D eigenvalue weighted by atomic mass is 32.2. The van der Waals surface area contributed by atoms with Crippen molar-refractivity contribution in [3.63, 3.8) is 0 Å². The molecule has 0 aliphatic rings. The Morgan fingerprint density at radius 1 is 1.37 bits per heavy atom. The summed E-state index contributed by atoms with van der Waals surface area (Å²) in [6.45, 7) is 4.02. The minimum Gasteiger partial charge on any atom is -0.349 e. The van der Waals surface area contributed by atoms with Crippen molar-refractivity contribution in [2.45, 2.75) is 31.9 Å². The molecule has 0 heterocycles. The van der Waals surface area contributed by atoms with Gasteiger partial charge in [-0.05, 0) is 25.8 Å². The van der Waals surface area contributed by atoms with Crippen LogP contribution in [0.25, 0.3) is 0 Å². The van der Waals surface area contributed by atoms with Gasteiger partial charge in [-0.25, -0.2) is 0 Å². The van der Waals surface area contributed by atoms with Gasteiger partial charge in [0.15, 0.2) is 0 Å². The predicted molar refractivity (Wildman–Crippen MR) is 80.5 cm³/mol. The van der Waals surface area contributed by atoms with E-state index in [9.17, 15) is 9.00 Å². The molecule has 0 radical (unpaired) electrons. The van der Waals surface area contributed by atoms with Crippen LogP contribution in [0.3, 0.4) is 0 Å². The van der Waals surface area contributed by atoms with E-state index in [0.29, 0.717) is 18.6 Å². The van der Waals surface area contributed by atoms with Crippen LogP contribution in [0, 0.1) is 6.92 Å². The Labute approximate surface area is 118 Å². The van der Waals surface area contributed by atoms with E-state index in [1.807, 2.05) is 32.0 Å². The van der Waals surface area contributed by atoms with Gasteiger partial charge >= 0.3 is 0 Å². The number of rotatable bonds is 6. The summed E-state index contributed by atoms with van der Waals surface area (Å²) in [4.78, 5) is 13.0. The lowest BCUT2D eigenvalue weighted by atomic mass is 10.1. The van der Waals surface area contributed by atoms with Crippen molar-refractivity contribution in [3.05, 3.63) is 35.4 Å². The summed E-state index contributed by atoms with van der Waals surface area (Å²) in [7, 11) is 2.57. The fourth-order valence-corrected chi connectivity index (χ4v) is 3.07. The Kier molecular flexibility index (Phi) is 6.22. The molecule has 4 heteroatoms. The first-order chi connectivity index (χ1) is 8.91. The first-order valence-corrected chi connectivity index (χ1v) is 7.94. The number of benzene rings is 1. The van der Waals surface area contributed by atoms with Gasteiger partial charge in [0.25, 0.3) is 0 Å². The van der Waals surface area contributed by atoms with Crippen molar-refractivity contribution in [1.29, 1.82) is 0 Å². The van der Waals surface area contributed by atoms with Crippen molar-refractivity contribution in [1.82, 2.24) is 4.90 Å². The molecule has 3 nitrogen and oxygen atoms in total. The second kappa shape index (κ2) is 7.43. The molecule has 19 heavy (non-hydrogen) atoms. The lowest BCUT2D eigenvalue weighted by Crippen LogP contribution is -2.22. The molecule has 0 saturated carbocycles. The molecule has 1 aromatic rings. The summed E-state index contributed by atoms with van der Waals surface area (Å²) in [6.07, 6.45) is 1.15. The highest BCUT2D eigenvalue weighted by Crippen LogP contribution is 2.21. The number of nitrogens with zero attached hydrogens (tertiary/aromatic N) is 1. The maximum atomic E-state index is 12.2. The van der Waals surface area contributed by atoms with Crippen LogP contribution < -0.4 is 0 Å². The monoisotopic (exact) mass is 281 g/mol. The van der Waals surface area contributed by atoms with E-state index in [1.165, 1.54) is 5.56 Å². The molecule has 1 rings (SSSR count). The van der Waals surface area contributed by atoms with Crippen LogP contribution in [0.5, 0.6) is 0 Å². The van der Waals surface area contributed by atoms with Gasteiger partial charge in [-0.15, -0.1) is 0 Å². The third-order valence-electron chi connectivity index (χ3n) is 3.14. The van der Waals surface area contributed by atoms with Crippen LogP contribution in [0.15, 0.2) is 24.3 Å². The van der Waals surface area contributed by atoms with Gasteiger partial charge in [-0.1, -0.05) is 29.8 Å². The molecular formula is C15H23NO2S. The lowest BCUT2D eigenvalue weighted by Gasteiger charge is -2.13. The molecule has 0 bridgehead atoms. The van der Waals surface area contributed by atoms with Gasteiger partial charge < -0.3 is 4.90 Å². The molecule has 1 aromatic carbocycles. The SMILES string of the molecule is Cc1cccc([C@H](C)[S@](=O)CCCC(=O)N(C)C)c1. The second-order valence-corrected chi connectivity index (χ2v) is 6.91. The molecule has 0 N–H and O–H groups in total. The summed E-state index contributed by atoms with van der Waals surface area (Å²) in [5.74, 6) is 0.675. The van der Waals surface area contributed by atoms with E-state index in [1.54, 1.807) is 19.0 Å². The second-order valence-electron chi connectivity index (χ2n) is 5.03. The fraction of sp³-hybridized carbons (Fsp3) is 0.533. The molecule has 0 aliphatic heterocycles. The van der Waals surface area contributed by atoms with Gasteiger partial charge in [0.05, 0.1) is 5.25 Å². The fourth-order valence-electron chi connectivity index (χ4n) is 1.84. The van der Waals surface area contributed by atoms with E-state index < -0.39 is 10.8 Å². The normalized spacial score (nSPS) is 13.9. The van der Waals surface area contributed by atoms with Crippen LogP contribution in [-0.4, -0.2) is 34.9 Å². The average molecular weight is 281 g/mol. The minimum atomic E-state index is -0.924. The summed E-state index contributed by atoms with van der Waals surface area (Å²) < 4.78 is 12.2. The van der Waals surface area contributed by atoms with E-state index in [0.717, 1.165) is 5.56 Å². The zero-order chi connectivity index (χ0) is 14.4. The number of hydrogen-bond donors (Lipinski definition) is 0. The highest BCUT2D eigenvalue weighted by molar-refractivity contribution is 7.85. The summed E-state index contributed by atoms with van der Waals surface area (Å²) in [5, 5.41) is 0.0226. The maximum Gasteiger partial charge on any atom is 0.222 e. The Bertz CT molecular complexity index is 457. The van der Waals surface area contributed by atoms with Gasteiger partial charge in [0, 0.05) is 37.1 Å². The van der Waals surface area contributed by atoms with Crippen LogP contribution in [-0.2, 0) is 15.6 Å². The van der Waals surface area contributed by atoms with Gasteiger partial charge in [-0.2, -0.15) is 0 Å². The van der Waals surface area contributed by atoms with Crippen molar-refractivity contribution in [2.24, 2.45) is 0 Å². The number of hydrogen-bond acceptors (Lipinski definition) is 2. The summed E-state index contributed by atoms with van der Waals surface area (Å²) in [6, 6.07) is 8.12. The van der Waals surface area contributed by atoms with Crippen molar-refractivity contribution >= 4 is 16.7 Å². The quantitative estimate of drug-likeness (QED) is 0.804. The molecule has 1 amide bonds. The van der Waals surface area contributed by atoms with Crippen LogP contribution >= 0.6 is 0 Å². The molecule has 0 fully saturated rings. The van der Waals surface area contributed by atoms with Crippen LogP contribution in [0.4, 0.5) is 0 Å². The van der Waals surface area contributed by atoms with Crippen LogP contribution in [0.2, 0.25) is 0 Å². The van der Waals surface area contributed by atoms with Crippen molar-refractivity contribution in [2.75, 3.05) is 19.8 Å². The molecule has 106 valence electrons. The number of carbonyl (C=O) groups excluding carboxylic acids is 1. The zero-order valence-corrected chi connectivity index (χ0v) is 13.0. The predicted octanol–water partition coefficient (Wildman–Crippen LogP) is 2.67. The minimum absolute atomic E-state index is 0.0226. The van der Waals surface area contributed by atoms with Gasteiger partial charge in [0.1, 0.15) is 0 Å². The zero-order valence-electron chi connectivity index (χ0n) is 12.2. The molecular weight excluding hydrogens is 258 g/mol. The maximum absolute atomic E-state index is 12.2. The number of carbonyl (C=O) groups is 1. The third-order valence-corrected chi connectivity index (χ3v) is 4.89. The number of amides is 1. The molecule has 0 aliphatic carbocycles. The van der Waals surface area contributed by atoms with E-state index in [-0.39, 0.29) is 11.2 Å². The Morgan fingerprint density at radius 2 is 2.05 bits per heavy atom. The van der Waals surface area contributed by atoms with E-state index >= 15 is 0 Å². The van der Waals surface area contributed by atoms with E-state index in [4.69, 9.17) is 0 Å². The van der Waals surface area contributed by atoms with Crippen molar-refractivity contribution < 1.29 is 9.00 Å². The third kappa shape index (κ3) is 5.15. The van der Waals surface area contributed by atoms with Gasteiger partial charge in [0.2, 0.25) is 5.91 Å². The standard InChI is InChI=1S/C15H23NO2S/c1-12-7-5-8-14(11-12)13(2)19(18)10-6-9-15(17)16(3)4/h5,7-8,11,13H,6,9-10H2,1-4H3/t13-,19+/m0/s1. The molecule has 2 atom stereocenters. The molecule has 0 unspecified atom stereocenters. The first-order valence-electron chi connectivity index (χ1n) is 6.55. The molecule has 0 saturated heterocycles. The molecule has 0 aromatic heterocycles. The largest absolute Gasteiger partial charge is 0.349 e. The average Bonchev–Trinajstić information content (AvgIpc) is 2.37. The smallest absolute Gasteiger partial charge is 0.222 e. The Hall–Kier alpha value is -1.16.